The summed E-state index contributed by atoms with van der Waals surface area (Å²) in [6, 6.07) is 12.8. The summed E-state index contributed by atoms with van der Waals surface area (Å²) >= 11 is 0. The van der Waals surface area contributed by atoms with E-state index in [-0.39, 0.29) is 18.3 Å². The molecule has 0 aliphatic rings. The molecule has 2 aromatic rings. The Morgan fingerprint density at radius 1 is 1.29 bits per heavy atom. The van der Waals surface area contributed by atoms with Gasteiger partial charge in [0, 0.05) is 5.56 Å². The Morgan fingerprint density at radius 3 is 2.83 bits per heavy atom. The third kappa shape index (κ3) is 4.71. The van der Waals surface area contributed by atoms with Gasteiger partial charge in [0.2, 0.25) is 0 Å². The minimum absolute atomic E-state index is 0.131. The van der Waals surface area contributed by atoms with Gasteiger partial charge in [-0.1, -0.05) is 36.4 Å². The molecule has 2 N–H and O–H groups in total. The molecule has 0 bridgehead atoms. The van der Waals surface area contributed by atoms with E-state index in [1.165, 1.54) is 6.21 Å². The van der Waals surface area contributed by atoms with Crippen molar-refractivity contribution in [1.82, 2.24) is 5.43 Å². The summed E-state index contributed by atoms with van der Waals surface area (Å²) in [4.78, 5) is 11.7. The van der Waals surface area contributed by atoms with Crippen LogP contribution in [0, 0.1) is 6.92 Å². The monoisotopic (exact) mass is 324 g/mol. The third-order valence-electron chi connectivity index (χ3n) is 3.36. The van der Waals surface area contributed by atoms with Gasteiger partial charge in [-0.15, -0.1) is 6.58 Å². The van der Waals surface area contributed by atoms with Crippen LogP contribution in [0.5, 0.6) is 11.5 Å². The van der Waals surface area contributed by atoms with E-state index in [4.69, 9.17) is 4.74 Å². The number of benzene rings is 2. The van der Waals surface area contributed by atoms with Crippen LogP contribution in [0.15, 0.2) is 60.2 Å². The van der Waals surface area contributed by atoms with Crippen molar-refractivity contribution in [3.05, 3.63) is 71.8 Å². The molecule has 0 atom stereocenters. The van der Waals surface area contributed by atoms with Crippen molar-refractivity contribution >= 4 is 12.1 Å². The molecule has 0 aliphatic carbocycles. The summed E-state index contributed by atoms with van der Waals surface area (Å²) in [5.41, 5.74) is 4.61. The van der Waals surface area contributed by atoms with E-state index in [2.05, 4.69) is 17.1 Å². The van der Waals surface area contributed by atoms with Gasteiger partial charge in [0.05, 0.1) is 6.21 Å². The van der Waals surface area contributed by atoms with E-state index >= 15 is 0 Å². The number of carbonyl (C=O) groups is 1. The third-order valence-corrected chi connectivity index (χ3v) is 3.36. The van der Waals surface area contributed by atoms with Gasteiger partial charge in [-0.25, -0.2) is 5.43 Å². The summed E-state index contributed by atoms with van der Waals surface area (Å²) in [5, 5.41) is 13.9. The van der Waals surface area contributed by atoms with Gasteiger partial charge in [0.25, 0.3) is 5.91 Å². The van der Waals surface area contributed by atoms with Gasteiger partial charge in [-0.05, 0) is 36.6 Å². The summed E-state index contributed by atoms with van der Waals surface area (Å²) in [6.07, 6.45) is 3.67. The lowest BCUT2D eigenvalue weighted by atomic mass is 10.1. The summed E-state index contributed by atoms with van der Waals surface area (Å²) in [5.74, 6) is 0.411. The van der Waals surface area contributed by atoms with Crippen LogP contribution in [0.1, 0.15) is 16.7 Å². The SMILES string of the molecule is C=CCc1cccc(/C=N/NC(=O)COc2ccccc2C)c1O. The van der Waals surface area contributed by atoms with E-state index in [1.807, 2.05) is 37.3 Å². The molecule has 5 nitrogen and oxygen atoms in total. The van der Waals surface area contributed by atoms with Crippen LogP contribution in [0.3, 0.4) is 0 Å². The zero-order chi connectivity index (χ0) is 17.4. The van der Waals surface area contributed by atoms with E-state index < -0.39 is 0 Å². The van der Waals surface area contributed by atoms with Crippen molar-refractivity contribution in [2.45, 2.75) is 13.3 Å². The van der Waals surface area contributed by atoms with Gasteiger partial charge in [-0.2, -0.15) is 5.10 Å². The maximum absolute atomic E-state index is 11.7. The van der Waals surface area contributed by atoms with Crippen molar-refractivity contribution in [3.8, 4) is 11.5 Å². The molecule has 5 heteroatoms. The second kappa shape index (κ2) is 8.53. The zero-order valence-electron chi connectivity index (χ0n) is 13.5. The number of para-hydroxylation sites is 2. The average molecular weight is 324 g/mol. The zero-order valence-corrected chi connectivity index (χ0v) is 13.5. The number of carbonyl (C=O) groups excluding carboxylic acids is 1. The number of hydrogen-bond acceptors (Lipinski definition) is 4. The summed E-state index contributed by atoms with van der Waals surface area (Å²) < 4.78 is 5.43. The predicted octanol–water partition coefficient (Wildman–Crippen LogP) is 2.96. The van der Waals surface area contributed by atoms with Crippen LogP contribution in [-0.4, -0.2) is 23.8 Å². The van der Waals surface area contributed by atoms with Crippen molar-refractivity contribution in [2.75, 3.05) is 6.61 Å². The number of aromatic hydroxyl groups is 1. The first kappa shape index (κ1) is 17.3. The number of hydrazone groups is 1. The predicted molar refractivity (Wildman–Crippen MR) is 94.4 cm³/mol. The Kier molecular flexibility index (Phi) is 6.14. The molecule has 124 valence electrons. The minimum Gasteiger partial charge on any atom is -0.507 e. The summed E-state index contributed by atoms with van der Waals surface area (Å²) in [6.45, 7) is 5.42. The Hall–Kier alpha value is -3.08. The molecule has 0 saturated carbocycles. The van der Waals surface area contributed by atoms with Crippen LogP contribution in [0.25, 0.3) is 0 Å². The fourth-order valence-corrected chi connectivity index (χ4v) is 2.10. The van der Waals surface area contributed by atoms with Gasteiger partial charge < -0.3 is 9.84 Å². The normalized spacial score (nSPS) is 10.5. The highest BCUT2D eigenvalue weighted by atomic mass is 16.5. The van der Waals surface area contributed by atoms with Crippen molar-refractivity contribution in [3.63, 3.8) is 0 Å². The second-order valence-corrected chi connectivity index (χ2v) is 5.20. The Labute approximate surface area is 141 Å². The highest BCUT2D eigenvalue weighted by Crippen LogP contribution is 2.21. The lowest BCUT2D eigenvalue weighted by Gasteiger charge is -2.07. The second-order valence-electron chi connectivity index (χ2n) is 5.20. The number of aryl methyl sites for hydroxylation is 1. The Bertz CT molecular complexity index is 754. The molecule has 0 radical (unpaired) electrons. The number of rotatable bonds is 7. The molecule has 24 heavy (non-hydrogen) atoms. The fourth-order valence-electron chi connectivity index (χ4n) is 2.10. The average Bonchev–Trinajstić information content (AvgIpc) is 2.57. The van der Waals surface area contributed by atoms with Crippen molar-refractivity contribution in [2.24, 2.45) is 5.10 Å². The number of allylic oxidation sites excluding steroid dienone is 1. The van der Waals surface area contributed by atoms with Gasteiger partial charge in [-0.3, -0.25) is 4.79 Å². The van der Waals surface area contributed by atoms with Crippen LogP contribution in [0.4, 0.5) is 0 Å². The highest BCUT2D eigenvalue weighted by Gasteiger charge is 2.05. The smallest absolute Gasteiger partial charge is 0.277 e. The molecule has 0 heterocycles. The van der Waals surface area contributed by atoms with E-state index in [0.717, 1.165) is 11.1 Å². The maximum atomic E-state index is 11.7. The fraction of sp³-hybridized carbons (Fsp3) is 0.158. The maximum Gasteiger partial charge on any atom is 0.277 e. The molecule has 0 aliphatic heterocycles. The molecule has 0 saturated heterocycles. The molecule has 0 fully saturated rings. The molecule has 0 unspecified atom stereocenters. The summed E-state index contributed by atoms with van der Waals surface area (Å²) in [7, 11) is 0. The van der Waals surface area contributed by atoms with E-state index in [0.29, 0.717) is 17.7 Å². The van der Waals surface area contributed by atoms with Crippen molar-refractivity contribution in [1.29, 1.82) is 0 Å². The molecular formula is C19H20N2O3. The molecular weight excluding hydrogens is 304 g/mol. The topological polar surface area (TPSA) is 70.9 Å². The first-order chi connectivity index (χ1) is 11.6. The highest BCUT2D eigenvalue weighted by molar-refractivity contribution is 5.86. The van der Waals surface area contributed by atoms with Crippen molar-refractivity contribution < 1.29 is 14.6 Å². The quantitative estimate of drug-likeness (QED) is 0.467. The number of phenolic OH excluding ortho intramolecular Hbond substituents is 1. The van der Waals surface area contributed by atoms with E-state index in [1.54, 1.807) is 18.2 Å². The molecule has 2 rings (SSSR count). The van der Waals surface area contributed by atoms with Crippen LogP contribution >= 0.6 is 0 Å². The van der Waals surface area contributed by atoms with Gasteiger partial charge in [0.1, 0.15) is 11.5 Å². The molecule has 2 aromatic carbocycles. The Balaban J connectivity index is 1.90. The number of ether oxygens (including phenoxy) is 1. The number of phenols is 1. The van der Waals surface area contributed by atoms with E-state index in [9.17, 15) is 9.90 Å². The lowest BCUT2D eigenvalue weighted by molar-refractivity contribution is -0.123. The standard InChI is InChI=1S/C19H20N2O3/c1-3-7-15-9-6-10-16(19(15)23)12-20-21-18(22)13-24-17-11-5-4-8-14(17)2/h3-6,8-12,23H,1,7,13H2,2H3,(H,21,22)/b20-12+. The van der Waals surface area contributed by atoms with Gasteiger partial charge >= 0.3 is 0 Å². The number of hydrogen-bond donors (Lipinski definition) is 2. The van der Waals surface area contributed by atoms with Crippen LogP contribution in [0.2, 0.25) is 0 Å². The number of nitrogens with zero attached hydrogens (tertiary/aromatic N) is 1. The lowest BCUT2D eigenvalue weighted by Crippen LogP contribution is -2.24. The number of amides is 1. The van der Waals surface area contributed by atoms with Crippen LogP contribution < -0.4 is 10.2 Å². The first-order valence-electron chi connectivity index (χ1n) is 7.54. The molecule has 0 spiro atoms. The van der Waals surface area contributed by atoms with Gasteiger partial charge in [0.15, 0.2) is 6.61 Å². The minimum atomic E-state index is -0.378. The number of nitrogens with one attached hydrogen (secondary N) is 1. The largest absolute Gasteiger partial charge is 0.507 e. The molecule has 0 aromatic heterocycles. The van der Waals surface area contributed by atoms with Crippen LogP contribution in [-0.2, 0) is 11.2 Å². The Morgan fingerprint density at radius 2 is 2.08 bits per heavy atom. The first-order valence-corrected chi connectivity index (χ1v) is 7.54. The molecule has 1 amide bonds.